The molecule has 0 heterocycles. The van der Waals surface area contributed by atoms with Crippen molar-refractivity contribution in [2.24, 2.45) is 0 Å². The Morgan fingerprint density at radius 2 is 0.400 bits per heavy atom. The fourth-order valence-corrected chi connectivity index (χ4v) is 0. The number of hydrogen-bond acceptors (Lipinski definition) is 0. The molecule has 0 saturated heterocycles. The second-order valence-corrected chi connectivity index (χ2v) is 0. The van der Waals surface area contributed by atoms with E-state index in [9.17, 15) is 0 Å². The molecule has 0 nitrogen and oxygen atoms in total. The maximum absolute atomic E-state index is 0. The molecule has 3 radical (unpaired) electrons. The van der Waals surface area contributed by atoms with Crippen molar-refractivity contribution in [1.29, 1.82) is 0 Å². The minimum atomic E-state index is 0. The summed E-state index contributed by atoms with van der Waals surface area (Å²) in [6.45, 7) is 0. The summed E-state index contributed by atoms with van der Waals surface area (Å²) in [5.74, 6) is 0. The van der Waals surface area contributed by atoms with Gasteiger partial charge in [0.25, 0.3) is 0 Å². The first-order chi connectivity index (χ1) is 0. The van der Waals surface area contributed by atoms with Crippen molar-refractivity contribution in [3.8, 4) is 0 Å². The third-order valence-corrected chi connectivity index (χ3v) is 0. The largest absolute Gasteiger partial charge is 0.114 e. The van der Waals surface area contributed by atoms with Crippen molar-refractivity contribution < 1.29 is 0 Å². The van der Waals surface area contributed by atoms with E-state index in [0.717, 1.165) is 0 Å². The third kappa shape index (κ3) is 21.3. The molecule has 5 heteroatoms. The zero-order chi connectivity index (χ0) is 0. The van der Waals surface area contributed by atoms with Gasteiger partial charge < -0.3 is 0 Å². The molecule has 35 valence electrons. The molecule has 0 aliphatic rings. The molecule has 0 spiro atoms. The minimum Gasteiger partial charge on any atom is -0.114 e. The lowest BCUT2D eigenvalue weighted by Crippen LogP contribution is -0.381. The van der Waals surface area contributed by atoms with Crippen LogP contribution < -0.4 is 0 Å². The Balaban J connectivity index is 0. The van der Waals surface area contributed by atoms with Gasteiger partial charge in [0, 0.05) is 17.4 Å². The number of halogens is 4. The van der Waals surface area contributed by atoms with Gasteiger partial charge in [-0.15, -0.1) is 67.9 Å². The van der Waals surface area contributed by atoms with Crippen LogP contribution >= 0.6 is 67.9 Å². The Kier molecular flexibility index (Phi) is 329. The summed E-state index contributed by atoms with van der Waals surface area (Å²) in [6, 6.07) is 0. The van der Waals surface area contributed by atoms with Crippen LogP contribution in [0.5, 0.6) is 0 Å². The predicted molar refractivity (Wildman–Crippen MR) is 47.0 cm³/mol. The Morgan fingerprint density at radius 3 is 0.400 bits per heavy atom. The average Bonchev–Trinajstić information content (AvgIpc) is 0. The van der Waals surface area contributed by atoms with E-state index in [1.807, 2.05) is 0 Å². The van der Waals surface area contributed by atoms with Crippen molar-refractivity contribution >= 4 is 85.3 Å². The zero-order valence-electron chi connectivity index (χ0n) is 2.21. The number of rotatable bonds is 0. The zero-order valence-corrected chi connectivity index (χ0v) is 10.2. The lowest BCUT2D eigenvalue weighted by atomic mass is 27.0. The van der Waals surface area contributed by atoms with Crippen molar-refractivity contribution in [1.82, 2.24) is 0 Å². The van der Waals surface area contributed by atoms with Gasteiger partial charge in [0.05, 0.1) is 0 Å². The maximum atomic E-state index is 0. The van der Waals surface area contributed by atoms with Crippen LogP contribution in [-0.4, -0.2) is 17.4 Å². The topological polar surface area (TPSA) is 0 Å². The third-order valence-electron chi connectivity index (χ3n) is 0. The highest BCUT2D eigenvalue weighted by Gasteiger charge is 0.0000362. The van der Waals surface area contributed by atoms with E-state index in [-0.39, 0.29) is 85.3 Å². The van der Waals surface area contributed by atoms with Crippen LogP contribution in [0.25, 0.3) is 0 Å². The first kappa shape index (κ1) is 51.6. The van der Waals surface area contributed by atoms with Crippen LogP contribution in [0.4, 0.5) is 0 Å². The Morgan fingerprint density at radius 1 is 0.400 bits per heavy atom. The lowest BCUT2D eigenvalue weighted by molar-refractivity contribution is 5.75. The first-order valence-electron chi connectivity index (χ1n) is 0. The highest BCUT2D eigenvalue weighted by atomic mass is 79.9. The molecule has 0 fully saturated rings. The van der Waals surface area contributed by atoms with Gasteiger partial charge in [-0.2, -0.15) is 0 Å². The molecule has 0 aliphatic carbocycles. The van der Waals surface area contributed by atoms with Gasteiger partial charge in [0.15, 0.2) is 0 Å². The molecule has 0 aliphatic heterocycles. The molecule has 0 rings (SSSR count). The van der Waals surface area contributed by atoms with Crippen molar-refractivity contribution in [3.63, 3.8) is 0 Å². The molecule has 0 saturated carbocycles. The monoisotopic (exact) mass is 347 g/mol. The minimum absolute atomic E-state index is 0. The van der Waals surface area contributed by atoms with Gasteiger partial charge in [-0.25, -0.2) is 0 Å². The smallest absolute Gasteiger partial charge is 0 e. The van der Waals surface area contributed by atoms with E-state index in [1.165, 1.54) is 0 Å². The van der Waals surface area contributed by atoms with Crippen LogP contribution in [0, 0.1) is 0 Å². The van der Waals surface area contributed by atoms with Crippen molar-refractivity contribution in [2.75, 3.05) is 0 Å². The molecular formula is H4AlBr4. The summed E-state index contributed by atoms with van der Waals surface area (Å²) in [6.07, 6.45) is 0. The van der Waals surface area contributed by atoms with E-state index >= 15 is 0 Å². The molecule has 0 N–H and O–H groups in total. The average molecular weight is 351 g/mol. The van der Waals surface area contributed by atoms with Crippen LogP contribution in [0.3, 0.4) is 0 Å². The van der Waals surface area contributed by atoms with Gasteiger partial charge in [-0.1, -0.05) is 0 Å². The van der Waals surface area contributed by atoms with Crippen LogP contribution in [0.15, 0.2) is 0 Å². The molecule has 0 bridgehead atoms. The molecule has 0 aromatic rings. The fraction of sp³-hybridized carbons (Fsp3) is 0. The SMILES string of the molecule is Br.Br.Br.Br.[Al]. The van der Waals surface area contributed by atoms with Gasteiger partial charge >= 0.3 is 0 Å². The standard InChI is InChI=1S/Al.4BrH/h;4*1H. The summed E-state index contributed by atoms with van der Waals surface area (Å²) < 4.78 is 0. The van der Waals surface area contributed by atoms with Crippen molar-refractivity contribution in [3.05, 3.63) is 0 Å². The summed E-state index contributed by atoms with van der Waals surface area (Å²) in [7, 11) is 0. The second-order valence-electron chi connectivity index (χ2n) is 0. The molecule has 0 atom stereocenters. The summed E-state index contributed by atoms with van der Waals surface area (Å²) in [5.41, 5.74) is 0. The van der Waals surface area contributed by atoms with E-state index in [0.29, 0.717) is 0 Å². The normalized spacial score (nSPS) is 0. The lowest BCUT2D eigenvalue weighted by Gasteiger charge is -0.115. The van der Waals surface area contributed by atoms with Gasteiger partial charge in [-0.3, -0.25) is 0 Å². The van der Waals surface area contributed by atoms with Gasteiger partial charge in [0.2, 0.25) is 0 Å². The van der Waals surface area contributed by atoms with Gasteiger partial charge in [0.1, 0.15) is 0 Å². The van der Waals surface area contributed by atoms with Crippen LogP contribution in [0.2, 0.25) is 0 Å². The second kappa shape index (κ2) is 31.9. The molecule has 0 aromatic heterocycles. The Bertz CT molecular complexity index is 3.61. The van der Waals surface area contributed by atoms with Crippen molar-refractivity contribution in [2.45, 2.75) is 0 Å². The summed E-state index contributed by atoms with van der Waals surface area (Å²) in [4.78, 5) is 0. The summed E-state index contributed by atoms with van der Waals surface area (Å²) in [5, 5.41) is 0. The van der Waals surface area contributed by atoms with E-state index in [1.54, 1.807) is 0 Å². The first-order valence-corrected chi connectivity index (χ1v) is 0. The van der Waals surface area contributed by atoms with Crippen LogP contribution in [0.1, 0.15) is 0 Å². The summed E-state index contributed by atoms with van der Waals surface area (Å²) >= 11 is 0. The van der Waals surface area contributed by atoms with E-state index in [2.05, 4.69) is 0 Å². The molecule has 5 heavy (non-hydrogen) atoms. The Labute approximate surface area is 84.3 Å². The number of hydrogen-bond donors (Lipinski definition) is 0. The molecule has 0 aromatic carbocycles. The highest BCUT2D eigenvalue weighted by Crippen LogP contribution is 0.849. The van der Waals surface area contributed by atoms with Gasteiger partial charge in [-0.05, 0) is 0 Å². The quantitative estimate of drug-likeness (QED) is 0.586. The van der Waals surface area contributed by atoms with E-state index < -0.39 is 0 Å². The highest BCUT2D eigenvalue weighted by molar-refractivity contribution is 8.93. The molecular weight excluding hydrogens is 347 g/mol. The Hall–Kier alpha value is 2.45. The fourth-order valence-electron chi connectivity index (χ4n) is 0. The predicted octanol–water partition coefficient (Wildman–Crippen LogP) is 1.93. The van der Waals surface area contributed by atoms with Crippen LogP contribution in [-0.2, 0) is 0 Å². The van der Waals surface area contributed by atoms with E-state index in [4.69, 9.17) is 0 Å². The maximum Gasteiger partial charge on any atom is 0 e. The molecule has 0 unspecified atom stereocenters. The molecule has 0 amide bonds.